The Labute approximate surface area is 112 Å². The van der Waals surface area contributed by atoms with Gasteiger partial charge in [-0.2, -0.15) is 0 Å². The predicted molar refractivity (Wildman–Crippen MR) is 71.3 cm³/mol. The van der Waals surface area contributed by atoms with E-state index in [1.165, 1.54) is 0 Å². The van der Waals surface area contributed by atoms with Crippen molar-refractivity contribution in [3.8, 4) is 0 Å². The normalized spacial score (nSPS) is 19.1. The number of hydrogen-bond acceptors (Lipinski definition) is 2. The molecule has 1 unspecified atom stereocenters. The topological polar surface area (TPSA) is 57.6 Å². The molecule has 1 amide bonds. The molecular formula is C15H17NO3. The van der Waals surface area contributed by atoms with Gasteiger partial charge >= 0.3 is 5.97 Å². The van der Waals surface area contributed by atoms with Crippen molar-refractivity contribution in [3.05, 3.63) is 29.3 Å². The molecule has 1 fully saturated rings. The molecule has 4 nitrogen and oxygen atoms in total. The molecule has 1 atom stereocenters. The molecule has 0 saturated heterocycles. The Kier molecular flexibility index (Phi) is 2.81. The van der Waals surface area contributed by atoms with Gasteiger partial charge in [0.1, 0.15) is 0 Å². The van der Waals surface area contributed by atoms with E-state index in [0.717, 1.165) is 30.5 Å². The quantitative estimate of drug-likeness (QED) is 0.906. The molecule has 1 aromatic carbocycles. The van der Waals surface area contributed by atoms with Crippen LogP contribution >= 0.6 is 0 Å². The van der Waals surface area contributed by atoms with Gasteiger partial charge in [0.2, 0.25) is 5.91 Å². The fourth-order valence-electron chi connectivity index (χ4n) is 2.78. The second kappa shape index (κ2) is 4.37. The summed E-state index contributed by atoms with van der Waals surface area (Å²) in [4.78, 5) is 25.2. The number of aromatic carboxylic acids is 1. The van der Waals surface area contributed by atoms with E-state index >= 15 is 0 Å². The Morgan fingerprint density at radius 3 is 2.74 bits per heavy atom. The molecule has 100 valence electrons. The first-order chi connectivity index (χ1) is 9.08. The Hall–Kier alpha value is -1.84. The summed E-state index contributed by atoms with van der Waals surface area (Å²) >= 11 is 0. The van der Waals surface area contributed by atoms with E-state index < -0.39 is 5.97 Å². The molecule has 1 heterocycles. The smallest absolute Gasteiger partial charge is 0.335 e. The van der Waals surface area contributed by atoms with Crippen molar-refractivity contribution in [2.75, 3.05) is 11.4 Å². The van der Waals surface area contributed by atoms with Crippen LogP contribution in [0.4, 0.5) is 5.69 Å². The second-order valence-corrected chi connectivity index (χ2v) is 5.51. The summed E-state index contributed by atoms with van der Waals surface area (Å²) in [6, 6.07) is 5.06. The molecule has 4 heteroatoms. The molecule has 19 heavy (non-hydrogen) atoms. The minimum Gasteiger partial charge on any atom is -0.478 e. The Morgan fingerprint density at radius 1 is 1.37 bits per heavy atom. The van der Waals surface area contributed by atoms with E-state index in [-0.39, 0.29) is 17.4 Å². The highest BCUT2D eigenvalue weighted by Gasteiger charge is 2.37. The minimum atomic E-state index is -0.947. The fraction of sp³-hybridized carbons (Fsp3) is 0.467. The lowest BCUT2D eigenvalue weighted by Crippen LogP contribution is -2.34. The van der Waals surface area contributed by atoms with E-state index in [2.05, 4.69) is 0 Å². The third kappa shape index (κ3) is 2.11. The van der Waals surface area contributed by atoms with Gasteiger partial charge in [-0.25, -0.2) is 4.79 Å². The van der Waals surface area contributed by atoms with Gasteiger partial charge in [0.05, 0.1) is 5.56 Å². The molecule has 1 aromatic rings. The average molecular weight is 259 g/mol. The molecule has 1 saturated carbocycles. The van der Waals surface area contributed by atoms with Gasteiger partial charge in [-0.1, -0.05) is 13.0 Å². The minimum absolute atomic E-state index is 0.0550. The largest absolute Gasteiger partial charge is 0.478 e. The van der Waals surface area contributed by atoms with Crippen molar-refractivity contribution in [3.63, 3.8) is 0 Å². The summed E-state index contributed by atoms with van der Waals surface area (Å²) < 4.78 is 0. The van der Waals surface area contributed by atoms with Gasteiger partial charge < -0.3 is 10.0 Å². The van der Waals surface area contributed by atoms with Crippen LogP contribution in [0.3, 0.4) is 0 Å². The molecule has 1 aliphatic heterocycles. The van der Waals surface area contributed by atoms with Gasteiger partial charge in [0, 0.05) is 18.2 Å². The van der Waals surface area contributed by atoms with Crippen LogP contribution in [-0.4, -0.2) is 23.5 Å². The van der Waals surface area contributed by atoms with Crippen LogP contribution in [0.2, 0.25) is 0 Å². The maximum Gasteiger partial charge on any atom is 0.335 e. The number of carboxylic acid groups (broad SMARTS) is 1. The van der Waals surface area contributed by atoms with Crippen LogP contribution in [0.25, 0.3) is 0 Å². The molecule has 0 bridgehead atoms. The van der Waals surface area contributed by atoms with Crippen LogP contribution in [0, 0.1) is 11.8 Å². The summed E-state index contributed by atoms with van der Waals surface area (Å²) in [6.07, 6.45) is 3.10. The third-order valence-corrected chi connectivity index (χ3v) is 4.21. The van der Waals surface area contributed by atoms with E-state index in [9.17, 15) is 9.59 Å². The van der Waals surface area contributed by atoms with E-state index in [1.54, 1.807) is 17.0 Å². The highest BCUT2D eigenvalue weighted by Crippen LogP contribution is 2.39. The maximum absolute atomic E-state index is 12.4. The van der Waals surface area contributed by atoms with Crippen molar-refractivity contribution < 1.29 is 14.7 Å². The molecule has 1 N–H and O–H groups in total. The molecule has 0 spiro atoms. The number of carbonyl (C=O) groups excluding carboxylic acids is 1. The highest BCUT2D eigenvalue weighted by atomic mass is 16.4. The van der Waals surface area contributed by atoms with Crippen molar-refractivity contribution >= 4 is 17.6 Å². The van der Waals surface area contributed by atoms with Gasteiger partial charge in [0.15, 0.2) is 0 Å². The molecule has 0 aromatic heterocycles. The first-order valence-electron chi connectivity index (χ1n) is 6.75. The lowest BCUT2D eigenvalue weighted by atomic mass is 10.0. The maximum atomic E-state index is 12.4. The first kappa shape index (κ1) is 12.2. The van der Waals surface area contributed by atoms with Gasteiger partial charge in [-0.05, 0) is 42.9 Å². The number of nitrogens with zero attached hydrogens (tertiary/aromatic N) is 1. The standard InChI is InChI=1S/C15H17NO3/c1-9(10-2-3-10)14(17)16-7-6-11-4-5-12(15(18)19)8-13(11)16/h4-5,8-10H,2-3,6-7H2,1H3,(H,18,19). The number of carboxylic acids is 1. The van der Waals surface area contributed by atoms with Crippen molar-refractivity contribution in [2.24, 2.45) is 11.8 Å². The zero-order valence-electron chi connectivity index (χ0n) is 10.9. The number of benzene rings is 1. The summed E-state index contributed by atoms with van der Waals surface area (Å²) in [5.74, 6) is -0.222. The Bertz CT molecular complexity index is 548. The third-order valence-electron chi connectivity index (χ3n) is 4.21. The van der Waals surface area contributed by atoms with Crippen LogP contribution in [0.5, 0.6) is 0 Å². The highest BCUT2D eigenvalue weighted by molar-refractivity contribution is 5.99. The number of anilines is 1. The summed E-state index contributed by atoms with van der Waals surface area (Å²) in [5.41, 5.74) is 2.11. The molecule has 3 rings (SSSR count). The van der Waals surface area contributed by atoms with Crippen molar-refractivity contribution in [1.82, 2.24) is 0 Å². The van der Waals surface area contributed by atoms with Crippen LogP contribution in [0.1, 0.15) is 35.7 Å². The monoisotopic (exact) mass is 259 g/mol. The zero-order chi connectivity index (χ0) is 13.6. The SMILES string of the molecule is CC(C(=O)N1CCc2ccc(C(=O)O)cc21)C1CC1. The first-order valence-corrected chi connectivity index (χ1v) is 6.75. The summed E-state index contributed by atoms with van der Waals surface area (Å²) in [7, 11) is 0. The fourth-order valence-corrected chi connectivity index (χ4v) is 2.78. The Morgan fingerprint density at radius 2 is 2.11 bits per heavy atom. The summed E-state index contributed by atoms with van der Waals surface area (Å²) in [5, 5.41) is 9.04. The van der Waals surface area contributed by atoms with E-state index in [1.807, 2.05) is 13.0 Å². The van der Waals surface area contributed by atoms with E-state index in [0.29, 0.717) is 12.5 Å². The van der Waals surface area contributed by atoms with E-state index in [4.69, 9.17) is 5.11 Å². The lowest BCUT2D eigenvalue weighted by molar-refractivity contribution is -0.122. The second-order valence-electron chi connectivity index (χ2n) is 5.51. The number of fused-ring (bicyclic) bond motifs is 1. The van der Waals surface area contributed by atoms with Crippen LogP contribution < -0.4 is 4.90 Å². The molecule has 1 aliphatic carbocycles. The predicted octanol–water partition coefficient (Wildman–Crippen LogP) is 2.32. The van der Waals surface area contributed by atoms with Crippen molar-refractivity contribution in [2.45, 2.75) is 26.2 Å². The van der Waals surface area contributed by atoms with Gasteiger partial charge in [0.25, 0.3) is 0 Å². The van der Waals surface area contributed by atoms with Gasteiger partial charge in [-0.15, -0.1) is 0 Å². The molecular weight excluding hydrogens is 242 g/mol. The van der Waals surface area contributed by atoms with Crippen LogP contribution in [-0.2, 0) is 11.2 Å². The number of rotatable bonds is 3. The number of amides is 1. The summed E-state index contributed by atoms with van der Waals surface area (Å²) in [6.45, 7) is 2.66. The number of carbonyl (C=O) groups is 2. The molecule has 0 radical (unpaired) electrons. The van der Waals surface area contributed by atoms with Crippen LogP contribution in [0.15, 0.2) is 18.2 Å². The van der Waals surface area contributed by atoms with Crippen molar-refractivity contribution in [1.29, 1.82) is 0 Å². The lowest BCUT2D eigenvalue weighted by Gasteiger charge is -2.21. The number of hydrogen-bond donors (Lipinski definition) is 1. The van der Waals surface area contributed by atoms with Gasteiger partial charge in [-0.3, -0.25) is 4.79 Å². The average Bonchev–Trinajstić information content (AvgIpc) is 3.16. The molecule has 2 aliphatic rings. The zero-order valence-corrected chi connectivity index (χ0v) is 10.9. The Balaban J connectivity index is 1.89.